The second kappa shape index (κ2) is 6.78. The van der Waals surface area contributed by atoms with Crippen LogP contribution in [0.5, 0.6) is 0 Å². The van der Waals surface area contributed by atoms with Crippen LogP contribution in [0.2, 0.25) is 0 Å². The van der Waals surface area contributed by atoms with E-state index in [1.165, 1.54) is 31.2 Å². The Morgan fingerprint density at radius 3 is 2.71 bits per heavy atom. The van der Waals surface area contributed by atoms with Gasteiger partial charge in [0.2, 0.25) is 0 Å². The molecule has 2 aliphatic carbocycles. The molecule has 0 radical (unpaired) electrons. The van der Waals surface area contributed by atoms with Gasteiger partial charge in [-0.25, -0.2) is 0 Å². The van der Waals surface area contributed by atoms with Crippen molar-refractivity contribution >= 4 is 17.3 Å². The lowest BCUT2D eigenvalue weighted by atomic mass is 9.84. The van der Waals surface area contributed by atoms with Gasteiger partial charge < -0.3 is 10.6 Å². The molecule has 21 heavy (non-hydrogen) atoms. The number of benzene rings is 1. The Hall–Kier alpha value is -1.09. The maximum absolute atomic E-state index is 5.44. The first kappa shape index (κ1) is 14.8. The number of hydrogen-bond donors (Lipinski definition) is 2. The minimum absolute atomic E-state index is 0.511. The summed E-state index contributed by atoms with van der Waals surface area (Å²) in [5, 5.41) is 7.68. The van der Waals surface area contributed by atoms with Crippen LogP contribution in [0.15, 0.2) is 30.3 Å². The van der Waals surface area contributed by atoms with Gasteiger partial charge in [0, 0.05) is 12.6 Å². The molecule has 0 aliphatic heterocycles. The predicted octanol–water partition coefficient (Wildman–Crippen LogP) is 3.52. The van der Waals surface area contributed by atoms with Gasteiger partial charge in [0.05, 0.1) is 0 Å². The highest BCUT2D eigenvalue weighted by Gasteiger charge is 2.41. The minimum atomic E-state index is 0.511. The van der Waals surface area contributed by atoms with E-state index < -0.39 is 0 Å². The first-order chi connectivity index (χ1) is 10.2. The van der Waals surface area contributed by atoms with Crippen LogP contribution in [0.25, 0.3) is 0 Å². The summed E-state index contributed by atoms with van der Waals surface area (Å²) in [6.07, 6.45) is 6.80. The highest BCUT2D eigenvalue weighted by Crippen LogP contribution is 2.49. The Labute approximate surface area is 133 Å². The van der Waals surface area contributed by atoms with E-state index in [-0.39, 0.29) is 0 Å². The molecule has 0 spiro atoms. The Bertz CT molecular complexity index is 473. The molecular weight excluding hydrogens is 276 g/mol. The van der Waals surface area contributed by atoms with E-state index in [1.54, 1.807) is 0 Å². The van der Waals surface area contributed by atoms with Crippen molar-refractivity contribution < 1.29 is 0 Å². The second-order valence-corrected chi connectivity index (χ2v) is 7.17. The standard InChI is InChI=1S/C18H26N2S/c1-13(17-12-15-7-8-16(17)11-15)20-18(21)19-10-9-14-5-3-2-4-6-14/h2-6,13,15-17H,7-12H2,1H3,(H2,19,20,21)/t13-,15+,16+,17-/m0/s1. The van der Waals surface area contributed by atoms with Crippen molar-refractivity contribution in [3.63, 3.8) is 0 Å². The molecule has 1 aromatic carbocycles. The van der Waals surface area contributed by atoms with Crippen LogP contribution in [-0.4, -0.2) is 17.7 Å². The third kappa shape index (κ3) is 3.76. The van der Waals surface area contributed by atoms with E-state index in [4.69, 9.17) is 12.2 Å². The van der Waals surface area contributed by atoms with E-state index in [0.29, 0.717) is 6.04 Å². The van der Waals surface area contributed by atoms with Crippen LogP contribution in [0.1, 0.15) is 38.2 Å². The van der Waals surface area contributed by atoms with Crippen molar-refractivity contribution in [1.82, 2.24) is 10.6 Å². The molecular formula is C18H26N2S. The summed E-state index contributed by atoms with van der Waals surface area (Å²) >= 11 is 5.44. The number of fused-ring (bicyclic) bond motifs is 2. The van der Waals surface area contributed by atoms with Gasteiger partial charge in [-0.3, -0.25) is 0 Å². The molecule has 2 saturated carbocycles. The largest absolute Gasteiger partial charge is 0.362 e. The molecule has 114 valence electrons. The molecule has 3 heteroatoms. The summed E-state index contributed by atoms with van der Waals surface area (Å²) in [5.41, 5.74) is 1.36. The molecule has 4 atom stereocenters. The van der Waals surface area contributed by atoms with Gasteiger partial charge in [-0.05, 0) is 68.1 Å². The van der Waals surface area contributed by atoms with Gasteiger partial charge >= 0.3 is 0 Å². The van der Waals surface area contributed by atoms with Crippen molar-refractivity contribution in [2.45, 2.75) is 45.1 Å². The SMILES string of the molecule is C[C@H](NC(=S)NCCc1ccccc1)[C@@H]1C[C@@H]2CC[C@@H]1C2. The monoisotopic (exact) mass is 302 g/mol. The molecule has 2 N–H and O–H groups in total. The van der Waals surface area contributed by atoms with Crippen LogP contribution in [0.4, 0.5) is 0 Å². The quantitative estimate of drug-likeness (QED) is 0.814. The Balaban J connectivity index is 1.38. The van der Waals surface area contributed by atoms with E-state index >= 15 is 0 Å². The van der Waals surface area contributed by atoms with Crippen LogP contribution in [0.3, 0.4) is 0 Å². The fourth-order valence-electron chi connectivity index (χ4n) is 4.24. The predicted molar refractivity (Wildman–Crippen MR) is 92.3 cm³/mol. The normalized spacial score (nSPS) is 28.3. The maximum atomic E-state index is 5.44. The fraction of sp³-hybridized carbons (Fsp3) is 0.611. The minimum Gasteiger partial charge on any atom is -0.362 e. The second-order valence-electron chi connectivity index (χ2n) is 6.76. The van der Waals surface area contributed by atoms with Crippen LogP contribution < -0.4 is 10.6 Å². The van der Waals surface area contributed by atoms with Crippen LogP contribution in [0, 0.1) is 17.8 Å². The number of hydrogen-bond acceptors (Lipinski definition) is 1. The van der Waals surface area contributed by atoms with Crippen molar-refractivity contribution in [3.8, 4) is 0 Å². The summed E-state index contributed by atoms with van der Waals surface area (Å²) in [5.74, 6) is 2.78. The van der Waals surface area contributed by atoms with Crippen molar-refractivity contribution in [1.29, 1.82) is 0 Å². The molecule has 3 rings (SSSR count). The summed E-state index contributed by atoms with van der Waals surface area (Å²) in [6, 6.07) is 11.1. The molecule has 0 heterocycles. The lowest BCUT2D eigenvalue weighted by molar-refractivity contribution is 0.278. The molecule has 2 nitrogen and oxygen atoms in total. The lowest BCUT2D eigenvalue weighted by Crippen LogP contribution is -2.45. The van der Waals surface area contributed by atoms with Crippen molar-refractivity contribution in [2.75, 3.05) is 6.54 Å². The van der Waals surface area contributed by atoms with Crippen LogP contribution >= 0.6 is 12.2 Å². The van der Waals surface area contributed by atoms with E-state index in [2.05, 4.69) is 47.9 Å². The first-order valence-corrected chi connectivity index (χ1v) is 8.71. The lowest BCUT2D eigenvalue weighted by Gasteiger charge is -2.29. The van der Waals surface area contributed by atoms with Gasteiger partial charge in [-0.2, -0.15) is 0 Å². The Kier molecular flexibility index (Phi) is 4.79. The van der Waals surface area contributed by atoms with E-state index in [1.807, 2.05) is 0 Å². The topological polar surface area (TPSA) is 24.1 Å². The zero-order valence-corrected chi connectivity index (χ0v) is 13.7. The smallest absolute Gasteiger partial charge is 0.166 e. The van der Waals surface area contributed by atoms with Gasteiger partial charge in [-0.15, -0.1) is 0 Å². The summed E-state index contributed by atoms with van der Waals surface area (Å²) in [7, 11) is 0. The van der Waals surface area contributed by atoms with E-state index in [0.717, 1.165) is 35.8 Å². The molecule has 2 aliphatic rings. The zero-order valence-electron chi connectivity index (χ0n) is 12.8. The number of rotatable bonds is 5. The zero-order chi connectivity index (χ0) is 14.7. The van der Waals surface area contributed by atoms with E-state index in [9.17, 15) is 0 Å². The Morgan fingerprint density at radius 1 is 1.24 bits per heavy atom. The average molecular weight is 302 g/mol. The highest BCUT2D eigenvalue weighted by molar-refractivity contribution is 7.80. The molecule has 0 aromatic heterocycles. The Morgan fingerprint density at radius 2 is 2.05 bits per heavy atom. The molecule has 2 fully saturated rings. The van der Waals surface area contributed by atoms with Crippen molar-refractivity contribution in [2.24, 2.45) is 17.8 Å². The third-order valence-corrected chi connectivity index (χ3v) is 5.60. The fourth-order valence-corrected chi connectivity index (χ4v) is 4.52. The number of thiocarbonyl (C=S) groups is 1. The summed E-state index contributed by atoms with van der Waals surface area (Å²) < 4.78 is 0. The van der Waals surface area contributed by atoms with Gasteiger partial charge in [0.15, 0.2) is 5.11 Å². The molecule has 0 amide bonds. The van der Waals surface area contributed by atoms with Gasteiger partial charge in [0.1, 0.15) is 0 Å². The number of nitrogens with one attached hydrogen (secondary N) is 2. The first-order valence-electron chi connectivity index (χ1n) is 8.30. The molecule has 0 unspecified atom stereocenters. The summed E-state index contributed by atoms with van der Waals surface area (Å²) in [6.45, 7) is 3.20. The average Bonchev–Trinajstić information content (AvgIpc) is 3.11. The molecule has 0 saturated heterocycles. The molecule has 2 bridgehead atoms. The van der Waals surface area contributed by atoms with Gasteiger partial charge in [0.25, 0.3) is 0 Å². The van der Waals surface area contributed by atoms with Gasteiger partial charge in [-0.1, -0.05) is 36.8 Å². The summed E-state index contributed by atoms with van der Waals surface area (Å²) in [4.78, 5) is 0. The van der Waals surface area contributed by atoms with Crippen molar-refractivity contribution in [3.05, 3.63) is 35.9 Å². The highest BCUT2D eigenvalue weighted by atomic mass is 32.1. The maximum Gasteiger partial charge on any atom is 0.166 e. The van der Waals surface area contributed by atoms with Crippen LogP contribution in [-0.2, 0) is 6.42 Å². The third-order valence-electron chi connectivity index (χ3n) is 5.34. The molecule has 1 aromatic rings.